The molecule has 1 aliphatic rings. The molecule has 5 heteroatoms. The van der Waals surface area contributed by atoms with Gasteiger partial charge in [-0.1, -0.05) is 78.2 Å². The summed E-state index contributed by atoms with van der Waals surface area (Å²) in [5.41, 5.74) is 1.58. The zero-order chi connectivity index (χ0) is 20.9. The van der Waals surface area contributed by atoms with E-state index in [4.69, 9.17) is 9.47 Å². The maximum absolute atomic E-state index is 13.5. The zero-order valence-corrected chi connectivity index (χ0v) is 18.3. The molecule has 4 nitrogen and oxygen atoms in total. The average molecular weight is 457 g/mol. The predicted molar refractivity (Wildman–Crippen MR) is 116 cm³/mol. The normalized spacial score (nSPS) is 21.3. The van der Waals surface area contributed by atoms with Gasteiger partial charge >= 0.3 is 11.9 Å². The lowest BCUT2D eigenvalue weighted by molar-refractivity contribution is -0.168. The van der Waals surface area contributed by atoms with Crippen molar-refractivity contribution in [2.75, 3.05) is 6.61 Å². The van der Waals surface area contributed by atoms with Gasteiger partial charge in [0.05, 0.1) is 6.61 Å². The van der Waals surface area contributed by atoms with Gasteiger partial charge in [0.1, 0.15) is 5.41 Å². The lowest BCUT2D eigenvalue weighted by Gasteiger charge is -2.39. The Morgan fingerprint density at radius 3 is 2.41 bits per heavy atom. The number of carbonyl (C=O) groups excluding carboxylic acids is 2. The first-order valence-corrected chi connectivity index (χ1v) is 10.7. The number of esters is 2. The molecule has 0 aliphatic carbocycles. The summed E-state index contributed by atoms with van der Waals surface area (Å²) in [6, 6.07) is 17.5. The molecule has 0 amide bonds. The average Bonchev–Trinajstić information content (AvgIpc) is 2.74. The second kappa shape index (κ2) is 9.40. The molecule has 1 heterocycles. The smallest absolute Gasteiger partial charge is 0.351 e. The summed E-state index contributed by atoms with van der Waals surface area (Å²) < 4.78 is 11.7. The summed E-state index contributed by atoms with van der Waals surface area (Å²) in [6.07, 6.45) is 3.10. The van der Waals surface area contributed by atoms with Crippen molar-refractivity contribution in [3.05, 3.63) is 76.3 Å². The summed E-state index contributed by atoms with van der Waals surface area (Å²) in [5, 5.41) is 0. The number of unbranched alkanes of at least 4 members (excludes halogenated alkanes) is 1. The molecule has 0 spiro atoms. The number of rotatable bonds is 7. The van der Waals surface area contributed by atoms with Gasteiger partial charge in [0.15, 0.2) is 0 Å². The van der Waals surface area contributed by atoms with Crippen LogP contribution in [0.2, 0.25) is 0 Å². The maximum Gasteiger partial charge on any atom is 0.351 e. The first-order chi connectivity index (χ1) is 14.0. The van der Waals surface area contributed by atoms with Crippen LogP contribution in [0.1, 0.15) is 44.2 Å². The van der Waals surface area contributed by atoms with Crippen LogP contribution in [0.25, 0.3) is 5.57 Å². The third-order valence-electron chi connectivity index (χ3n) is 5.21. The van der Waals surface area contributed by atoms with Crippen LogP contribution in [0.4, 0.5) is 0 Å². The molecule has 0 N–H and O–H groups in total. The van der Waals surface area contributed by atoms with E-state index < -0.39 is 23.5 Å². The number of hydrogen-bond donors (Lipinski definition) is 0. The van der Waals surface area contributed by atoms with Crippen LogP contribution >= 0.6 is 15.9 Å². The molecule has 3 rings (SSSR count). The van der Waals surface area contributed by atoms with E-state index in [1.54, 1.807) is 13.0 Å². The molecule has 2 aromatic rings. The third-order valence-corrected chi connectivity index (χ3v) is 5.74. The molecule has 152 valence electrons. The van der Waals surface area contributed by atoms with Gasteiger partial charge in [0.2, 0.25) is 6.10 Å². The van der Waals surface area contributed by atoms with Crippen molar-refractivity contribution in [1.82, 2.24) is 0 Å². The highest BCUT2D eigenvalue weighted by Gasteiger charge is 2.50. The van der Waals surface area contributed by atoms with Crippen molar-refractivity contribution in [2.45, 2.75) is 44.6 Å². The van der Waals surface area contributed by atoms with Gasteiger partial charge in [0, 0.05) is 4.47 Å². The van der Waals surface area contributed by atoms with Crippen LogP contribution in [0, 0.1) is 0 Å². The van der Waals surface area contributed by atoms with Gasteiger partial charge in [-0.2, -0.15) is 0 Å². The number of benzene rings is 2. The van der Waals surface area contributed by atoms with Crippen LogP contribution in [-0.2, 0) is 24.5 Å². The van der Waals surface area contributed by atoms with Gasteiger partial charge in [-0.15, -0.1) is 0 Å². The molecule has 0 saturated heterocycles. The van der Waals surface area contributed by atoms with Crippen LogP contribution in [0.3, 0.4) is 0 Å². The Kier molecular flexibility index (Phi) is 6.91. The summed E-state index contributed by atoms with van der Waals surface area (Å²) in [5.74, 6) is -0.955. The zero-order valence-electron chi connectivity index (χ0n) is 16.7. The monoisotopic (exact) mass is 456 g/mol. The minimum absolute atomic E-state index is 0.230. The molecule has 0 fully saturated rings. The number of ether oxygens (including phenoxy) is 2. The van der Waals surface area contributed by atoms with Crippen molar-refractivity contribution < 1.29 is 19.1 Å². The predicted octanol–water partition coefficient (Wildman–Crippen LogP) is 5.45. The fourth-order valence-electron chi connectivity index (χ4n) is 3.79. The number of hydrogen-bond acceptors (Lipinski definition) is 4. The van der Waals surface area contributed by atoms with Crippen molar-refractivity contribution in [3.63, 3.8) is 0 Å². The molecule has 0 radical (unpaired) electrons. The summed E-state index contributed by atoms with van der Waals surface area (Å²) >= 11 is 3.47. The van der Waals surface area contributed by atoms with Gasteiger partial charge in [-0.05, 0) is 48.3 Å². The Morgan fingerprint density at radius 1 is 1.10 bits per heavy atom. The lowest BCUT2D eigenvalue weighted by atomic mass is 9.67. The molecule has 29 heavy (non-hydrogen) atoms. The van der Waals surface area contributed by atoms with Crippen molar-refractivity contribution in [3.8, 4) is 0 Å². The molecule has 1 aliphatic heterocycles. The second-order valence-corrected chi connectivity index (χ2v) is 7.96. The topological polar surface area (TPSA) is 52.6 Å². The van der Waals surface area contributed by atoms with Crippen LogP contribution in [0.15, 0.2) is 65.1 Å². The third kappa shape index (κ3) is 4.30. The summed E-state index contributed by atoms with van der Waals surface area (Å²) in [7, 11) is 0. The van der Waals surface area contributed by atoms with E-state index in [1.165, 1.54) is 0 Å². The van der Waals surface area contributed by atoms with Gasteiger partial charge in [-0.3, -0.25) is 4.79 Å². The van der Waals surface area contributed by atoms with E-state index in [1.807, 2.05) is 54.6 Å². The SMILES string of the molecule is CCCC[C@@]1(c2ccccc2)C(=O)O[C@@H](C(=O)OCC)C=C1c1ccc(Br)cc1. The van der Waals surface area contributed by atoms with Crippen molar-refractivity contribution in [2.24, 2.45) is 0 Å². The summed E-state index contributed by atoms with van der Waals surface area (Å²) in [4.78, 5) is 25.9. The van der Waals surface area contributed by atoms with E-state index in [-0.39, 0.29) is 6.61 Å². The Balaban J connectivity index is 2.22. The number of carbonyl (C=O) groups is 2. The molecule has 0 unspecified atom stereocenters. The van der Waals surface area contributed by atoms with E-state index in [9.17, 15) is 9.59 Å². The van der Waals surface area contributed by atoms with E-state index >= 15 is 0 Å². The molecule has 0 aromatic heterocycles. The van der Waals surface area contributed by atoms with Gasteiger partial charge < -0.3 is 9.47 Å². The highest BCUT2D eigenvalue weighted by atomic mass is 79.9. The molecule has 2 atom stereocenters. The second-order valence-electron chi connectivity index (χ2n) is 7.04. The lowest BCUT2D eigenvalue weighted by Crippen LogP contribution is -2.46. The largest absolute Gasteiger partial charge is 0.463 e. The Morgan fingerprint density at radius 2 is 1.79 bits per heavy atom. The minimum Gasteiger partial charge on any atom is -0.463 e. The molecular weight excluding hydrogens is 432 g/mol. The fourth-order valence-corrected chi connectivity index (χ4v) is 4.05. The first kappa shape index (κ1) is 21.3. The molecule has 2 aromatic carbocycles. The highest BCUT2D eigenvalue weighted by molar-refractivity contribution is 9.10. The minimum atomic E-state index is -1.04. The van der Waals surface area contributed by atoms with Crippen molar-refractivity contribution in [1.29, 1.82) is 0 Å². The van der Waals surface area contributed by atoms with Gasteiger partial charge in [0.25, 0.3) is 0 Å². The quantitative estimate of drug-likeness (QED) is 0.519. The van der Waals surface area contributed by atoms with E-state index in [2.05, 4.69) is 22.9 Å². The van der Waals surface area contributed by atoms with Crippen LogP contribution < -0.4 is 0 Å². The van der Waals surface area contributed by atoms with Crippen LogP contribution in [-0.4, -0.2) is 24.6 Å². The standard InChI is InChI=1S/C24H25BrO4/c1-3-5-15-24(18-9-7-6-8-10-18)20(17-11-13-19(25)14-12-17)16-21(29-23(24)27)22(26)28-4-2/h6-14,16,21H,3-5,15H2,1-2H3/t21-,24+/m1/s1. The highest BCUT2D eigenvalue weighted by Crippen LogP contribution is 2.47. The fraction of sp³-hybridized carbons (Fsp3) is 0.333. The maximum atomic E-state index is 13.5. The van der Waals surface area contributed by atoms with E-state index in [0.29, 0.717) is 6.42 Å². The Bertz CT molecular complexity index is 889. The Labute approximate surface area is 180 Å². The molecular formula is C24H25BrO4. The summed E-state index contributed by atoms with van der Waals surface area (Å²) in [6.45, 7) is 4.06. The van der Waals surface area contributed by atoms with Crippen LogP contribution in [0.5, 0.6) is 0 Å². The number of halogens is 1. The van der Waals surface area contributed by atoms with Gasteiger partial charge in [-0.25, -0.2) is 4.79 Å². The van der Waals surface area contributed by atoms with E-state index in [0.717, 1.165) is 34.0 Å². The first-order valence-electron chi connectivity index (χ1n) is 9.94. The molecule has 0 saturated carbocycles. The number of cyclic esters (lactones) is 1. The molecule has 0 bridgehead atoms. The Hall–Kier alpha value is -2.40. The van der Waals surface area contributed by atoms with Crippen molar-refractivity contribution >= 4 is 33.4 Å².